The van der Waals surface area contributed by atoms with Gasteiger partial charge in [0.15, 0.2) is 9.84 Å². The van der Waals surface area contributed by atoms with E-state index in [2.05, 4.69) is 180 Å². The molecule has 4 aliphatic heterocycles. The van der Waals surface area contributed by atoms with Crippen molar-refractivity contribution in [1.82, 2.24) is 0 Å². The van der Waals surface area contributed by atoms with Gasteiger partial charge in [0.25, 0.3) is 0 Å². The zero-order valence-corrected chi connectivity index (χ0v) is 89.4. The number of hydrogen-bond acceptors (Lipinski definition) is 16. The summed E-state index contributed by atoms with van der Waals surface area (Å²) in [7, 11) is -7.99. The molecule has 6 saturated carbocycles. The molecule has 0 radical (unpaired) electrons. The van der Waals surface area contributed by atoms with E-state index < -0.39 is 65.0 Å². The lowest BCUT2D eigenvalue weighted by molar-refractivity contribution is -0.192. The molecule has 0 amide bonds. The lowest BCUT2D eigenvalue weighted by Crippen LogP contribution is -2.51. The Hall–Kier alpha value is -0.550. The molecule has 0 bridgehead atoms. The molecule has 10 rings (SSSR count). The molecule has 0 aromatic heterocycles. The molecule has 4 saturated heterocycles. The molecule has 16 nitrogen and oxygen atoms in total. The van der Waals surface area contributed by atoms with E-state index in [0.717, 1.165) is 147 Å². The van der Waals surface area contributed by atoms with Gasteiger partial charge in [-0.1, -0.05) is 277 Å². The minimum absolute atomic E-state index is 0.0208. The van der Waals surface area contributed by atoms with E-state index in [1.54, 1.807) is 20.8 Å². The average molecular weight is 1770 g/mol. The van der Waals surface area contributed by atoms with Crippen molar-refractivity contribution in [3.05, 3.63) is 0 Å². The third-order valence-electron chi connectivity index (χ3n) is 21.3. The fourth-order valence-corrected chi connectivity index (χ4v) is 19.9. The van der Waals surface area contributed by atoms with Gasteiger partial charge >= 0.3 is 0 Å². The maximum absolute atomic E-state index is 11.1. The predicted molar refractivity (Wildman–Crippen MR) is 516 cm³/mol. The van der Waals surface area contributed by atoms with Crippen LogP contribution in [0.2, 0.25) is 0 Å². The molecule has 6 aliphatic carbocycles. The quantitative estimate of drug-likeness (QED) is 0.118. The molecule has 726 valence electrons. The van der Waals surface area contributed by atoms with Crippen LogP contribution >= 0.6 is 0 Å². The van der Waals surface area contributed by atoms with Gasteiger partial charge in [-0.3, -0.25) is 0 Å². The highest BCUT2D eigenvalue weighted by atomic mass is 32.2. The Labute approximate surface area is 749 Å². The largest absolute Gasteiger partial charge is 0.393 e. The van der Waals surface area contributed by atoms with E-state index in [4.69, 9.17) is 21.4 Å². The highest BCUT2D eigenvalue weighted by Gasteiger charge is 2.47. The third kappa shape index (κ3) is 74.0. The standard InChI is InChI=1S/C9H18O2S.2C9H18O.C8H16O2.2C8H16O.2C8H18O.C7H14O2S.C7H14O.C6H12O2S.C5H10O.4C2H6/c1-9(2,3)8-4-6-12(10,11)7-5-8;1-8(2,3)7-5-9(4,10)6-7;1-8(2,3)7-9(10)5-4-6-9;1-7(2,3)4-8(9)5-10-6-8;2*1-7(2,3)6-8(9)4-5-8;2*1-7(2,3)6-8(4,5)9;1-7(2,3)6-4-10(8,9)5-6;1-7(2,3)6-4-8-5-6;1-5-3-6(4-5)9(2,7)8;1-4-2-5(6)3-4;4*1-2/h8H,4-7H2,1-3H3;7,10H,5-6H2,1-4H3;10H,4-7H2,1-3H3;9H,4-6H2,1-3H3;2*9H,4-6H2,1-3H3;2*9H,6H2,1-5H3;6H,4-5H2,1-3H3;6H,4-5H2,1-3H3;5-6H,3-4H2,1-2H3;4-6H,2-3H2,1H3;4*1-2H3/i;;;;;;6D2;4D3;;;;;;;;. The van der Waals surface area contributed by atoms with Crippen LogP contribution in [0.15, 0.2) is 0 Å². The Kier molecular flexibility index (Phi) is 52.1. The molecule has 10 aliphatic rings. The zero-order valence-electron chi connectivity index (χ0n) is 92.0. The van der Waals surface area contributed by atoms with Crippen LogP contribution in [0.4, 0.5) is 0 Å². The topological polar surface area (TPSA) is 283 Å². The molecule has 0 spiro atoms. The number of ether oxygens (including phenoxy) is 2. The van der Waals surface area contributed by atoms with Gasteiger partial charge in [-0.25, -0.2) is 25.3 Å². The van der Waals surface area contributed by atoms with Crippen LogP contribution in [0.5, 0.6) is 0 Å². The van der Waals surface area contributed by atoms with Gasteiger partial charge in [-0.15, -0.1) is 0 Å². The van der Waals surface area contributed by atoms with Crippen molar-refractivity contribution in [2.45, 2.75) is 497 Å². The summed E-state index contributed by atoms with van der Waals surface area (Å²) < 4.78 is 112. The molecule has 0 aromatic carbocycles. The predicted octanol–water partition coefficient (Wildman–Crippen LogP) is 24.3. The SMILES string of the molecule is CC.CC.CC.CC.CC(C)(C)C1CCS(=O)(=O)CC1.CC(C)(C)C1COC1.CC(C)(C)C1CS(=O)(=O)C1.CC(C)(C)CC1(O)CC1.CC(C)(C)CC1(O)CC1.CC(C)(C)CC1(O)CCC1.CC(C)(C)CC1(O)COC1.CC1(O)CC(C(C)(C)C)C1.CC1CC(O)C1.CC1CC(S(C)(=O)=O)C1.[2H]C([2H])(C(C)(C)C)C(C)(C)O.[2H]C([2H])([2H])C(C)(O)CC(C)(C)C. The first-order valence-electron chi connectivity index (χ1n) is 48.9. The first kappa shape index (κ1) is 118. The van der Waals surface area contributed by atoms with Crippen LogP contribution in [-0.4, -0.2) is 172 Å². The highest BCUT2D eigenvalue weighted by molar-refractivity contribution is 7.92. The van der Waals surface area contributed by atoms with Crippen molar-refractivity contribution in [2.24, 2.45) is 89.7 Å². The fraction of sp³-hybridized carbons (Fsp3) is 1.00. The molecule has 119 heavy (non-hydrogen) atoms. The molecular formula is C100H212O16S3. The highest BCUT2D eigenvalue weighted by Crippen LogP contribution is 2.49. The normalized spacial score (nSPS) is 26.0. The van der Waals surface area contributed by atoms with Gasteiger partial charge in [0.2, 0.25) is 0 Å². The molecule has 1 unspecified atom stereocenters. The van der Waals surface area contributed by atoms with E-state index in [-0.39, 0.29) is 67.3 Å². The summed E-state index contributed by atoms with van der Waals surface area (Å²) in [5.41, 5.74) is -2.86. The first-order chi connectivity index (χ1) is 54.4. The van der Waals surface area contributed by atoms with Crippen molar-refractivity contribution in [3.8, 4) is 0 Å². The summed E-state index contributed by atoms with van der Waals surface area (Å²) in [4.78, 5) is 0. The second kappa shape index (κ2) is 52.3. The van der Waals surface area contributed by atoms with E-state index in [9.17, 15) is 61.0 Å². The third-order valence-corrected chi connectivity index (χ3v) is 26.5. The summed E-state index contributed by atoms with van der Waals surface area (Å²) in [5, 5.41) is 75.5. The number of rotatable bonds is 7. The van der Waals surface area contributed by atoms with E-state index in [1.165, 1.54) is 33.4 Å². The van der Waals surface area contributed by atoms with E-state index in [1.807, 2.05) is 83.1 Å². The Bertz CT molecular complexity index is 3040. The maximum Gasteiger partial charge on any atom is 0.150 e. The second-order valence-corrected chi connectivity index (χ2v) is 55.7. The van der Waals surface area contributed by atoms with E-state index >= 15 is 0 Å². The Morgan fingerprint density at radius 1 is 0.412 bits per heavy atom. The van der Waals surface area contributed by atoms with Gasteiger partial charge in [-0.2, -0.15) is 0 Å². The van der Waals surface area contributed by atoms with Crippen molar-refractivity contribution < 1.29 is 82.4 Å². The van der Waals surface area contributed by atoms with Crippen molar-refractivity contribution in [3.63, 3.8) is 0 Å². The monoisotopic (exact) mass is 1770 g/mol. The molecule has 0 aromatic rings. The van der Waals surface area contributed by atoms with Gasteiger partial charge in [0.1, 0.15) is 25.3 Å². The lowest BCUT2D eigenvalue weighted by atomic mass is 9.61. The minimum Gasteiger partial charge on any atom is -0.393 e. The molecule has 4 heterocycles. The number of sulfone groups is 3. The molecule has 10 fully saturated rings. The van der Waals surface area contributed by atoms with Crippen LogP contribution in [0.1, 0.15) is 453 Å². The van der Waals surface area contributed by atoms with Crippen LogP contribution in [-0.2, 0) is 39.0 Å². The number of aliphatic hydroxyl groups is 8. The summed E-state index contributed by atoms with van der Waals surface area (Å²) in [6.45, 7) is 90.6. The Morgan fingerprint density at radius 2 is 0.714 bits per heavy atom. The Morgan fingerprint density at radius 3 is 0.807 bits per heavy atom. The molecule has 19 heteroatoms. The summed E-state index contributed by atoms with van der Waals surface area (Å²) in [6.07, 6.45) is 18.6. The van der Waals surface area contributed by atoms with Crippen LogP contribution in [0.25, 0.3) is 0 Å². The molecule has 1 atom stereocenters. The van der Waals surface area contributed by atoms with Gasteiger partial charge in [-0.05, 0) is 253 Å². The molecule has 8 N–H and O–H groups in total. The second-order valence-electron chi connectivity index (χ2n) is 48.9. The average Bonchev–Trinajstić information content (AvgIpc) is 0.969. The lowest BCUT2D eigenvalue weighted by Gasteiger charge is -2.47. The van der Waals surface area contributed by atoms with Crippen molar-refractivity contribution in [1.29, 1.82) is 0 Å². The van der Waals surface area contributed by atoms with Crippen LogP contribution < -0.4 is 0 Å². The summed E-state index contributed by atoms with van der Waals surface area (Å²) >= 11 is 0. The van der Waals surface area contributed by atoms with Gasteiger partial charge in [0, 0.05) is 19.0 Å². The van der Waals surface area contributed by atoms with Gasteiger partial charge in [0.05, 0.1) is 94.4 Å². The Balaban J connectivity index is -0.000000304. The van der Waals surface area contributed by atoms with Gasteiger partial charge < -0.3 is 50.3 Å². The fourth-order valence-electron chi connectivity index (χ4n) is 15.0. The number of aliphatic hydroxyl groups excluding tert-OH is 1. The van der Waals surface area contributed by atoms with Crippen molar-refractivity contribution in [2.75, 3.05) is 55.7 Å². The van der Waals surface area contributed by atoms with Crippen LogP contribution in [0, 0.1) is 89.7 Å². The maximum atomic E-state index is 11.1. The van der Waals surface area contributed by atoms with Crippen molar-refractivity contribution >= 4 is 29.5 Å². The van der Waals surface area contributed by atoms with Crippen LogP contribution in [0.3, 0.4) is 0 Å². The zero-order chi connectivity index (χ0) is 101. The molecular weight excluding hydrogens is 1550 g/mol. The summed E-state index contributed by atoms with van der Waals surface area (Å²) in [5.74, 6) is 5.52. The first-order valence-corrected chi connectivity index (χ1v) is 52.0. The minimum atomic E-state index is -2.70. The summed E-state index contributed by atoms with van der Waals surface area (Å²) in [6, 6.07) is 0. The smallest absolute Gasteiger partial charge is 0.150 e. The number of hydrogen-bond donors (Lipinski definition) is 8. The van der Waals surface area contributed by atoms with E-state index in [0.29, 0.717) is 75.6 Å².